The molecule has 0 aliphatic heterocycles. The minimum absolute atomic E-state index is 0.0232. The van der Waals surface area contributed by atoms with E-state index in [0.717, 1.165) is 5.56 Å². The number of nitrogens with one attached hydrogen (secondary N) is 1. The number of anilines is 1. The zero-order valence-corrected chi connectivity index (χ0v) is 15.5. The van der Waals surface area contributed by atoms with Crippen molar-refractivity contribution in [1.82, 2.24) is 0 Å². The number of hydrogen-bond acceptors (Lipinski definition) is 3. The molecule has 0 aromatic heterocycles. The van der Waals surface area contributed by atoms with Gasteiger partial charge >= 0.3 is 0 Å². The van der Waals surface area contributed by atoms with Gasteiger partial charge in [0.2, 0.25) is 0 Å². The summed E-state index contributed by atoms with van der Waals surface area (Å²) in [6, 6.07) is 6.58. The second-order valence-corrected chi connectivity index (χ2v) is 6.84. The highest BCUT2D eigenvalue weighted by molar-refractivity contribution is 6.37. The molecule has 0 heterocycles. The Morgan fingerprint density at radius 1 is 1.00 bits per heavy atom. The van der Waals surface area contributed by atoms with Crippen molar-refractivity contribution in [3.05, 3.63) is 49.9 Å². The third-order valence-corrected chi connectivity index (χ3v) is 4.01. The molecule has 0 saturated heterocycles. The van der Waals surface area contributed by atoms with E-state index in [9.17, 15) is 5.11 Å². The molecule has 0 bridgehead atoms. The molecule has 0 unspecified atom stereocenters. The molecule has 2 aromatic rings. The van der Waals surface area contributed by atoms with Crippen LogP contribution in [0.5, 0.6) is 11.5 Å². The van der Waals surface area contributed by atoms with Gasteiger partial charge in [0.05, 0.1) is 21.2 Å². The number of rotatable bonds is 5. The summed E-state index contributed by atoms with van der Waals surface area (Å²) >= 11 is 24.1. The van der Waals surface area contributed by atoms with Gasteiger partial charge in [0.1, 0.15) is 5.75 Å². The lowest BCUT2D eigenvalue weighted by Crippen LogP contribution is -2.10. The maximum Gasteiger partial charge on any atom is 0.152 e. The summed E-state index contributed by atoms with van der Waals surface area (Å²) in [5.74, 6) is 0.433. The number of aromatic hydroxyl groups is 1. The Labute approximate surface area is 155 Å². The quantitative estimate of drug-likeness (QED) is 0.576. The summed E-state index contributed by atoms with van der Waals surface area (Å²) in [7, 11) is 0. The van der Waals surface area contributed by atoms with Gasteiger partial charge in [-0.05, 0) is 38.1 Å². The Bertz CT molecular complexity index is 696. The fourth-order valence-corrected chi connectivity index (χ4v) is 3.04. The van der Waals surface area contributed by atoms with Crippen molar-refractivity contribution in [2.24, 2.45) is 0 Å². The first-order valence-corrected chi connectivity index (χ1v) is 8.35. The summed E-state index contributed by atoms with van der Waals surface area (Å²) in [6.07, 6.45) is -0.0232. The highest BCUT2D eigenvalue weighted by atomic mass is 35.5. The topological polar surface area (TPSA) is 41.5 Å². The Morgan fingerprint density at radius 3 is 2.17 bits per heavy atom. The van der Waals surface area contributed by atoms with Crippen LogP contribution in [0, 0.1) is 0 Å². The maximum atomic E-state index is 9.59. The number of phenols is 1. The molecule has 0 saturated carbocycles. The SMILES string of the molecule is CC(C)Oc1c(Cl)cc(Cl)cc1CNc1cc(Cl)c(O)c(Cl)c1. The predicted octanol–water partition coefficient (Wildman–Crippen LogP) is 6.41. The van der Waals surface area contributed by atoms with E-state index in [1.165, 1.54) is 0 Å². The number of phenolic OH excluding ortho intramolecular Hbond substituents is 1. The van der Waals surface area contributed by atoms with Gasteiger partial charge in [0.15, 0.2) is 5.75 Å². The lowest BCUT2D eigenvalue weighted by Gasteiger charge is -2.17. The summed E-state index contributed by atoms with van der Waals surface area (Å²) in [5, 5.41) is 14.1. The molecule has 7 heteroatoms. The minimum atomic E-state index is -0.145. The van der Waals surface area contributed by atoms with Crippen LogP contribution >= 0.6 is 46.4 Å². The zero-order valence-electron chi connectivity index (χ0n) is 12.5. The van der Waals surface area contributed by atoms with Crippen molar-refractivity contribution in [2.75, 3.05) is 5.32 Å². The summed E-state index contributed by atoms with van der Waals surface area (Å²) in [6.45, 7) is 4.24. The van der Waals surface area contributed by atoms with Crippen LogP contribution in [0.1, 0.15) is 19.4 Å². The molecule has 0 fully saturated rings. The van der Waals surface area contributed by atoms with Gasteiger partial charge in [0, 0.05) is 22.8 Å². The smallest absolute Gasteiger partial charge is 0.152 e. The molecule has 0 aliphatic rings. The van der Waals surface area contributed by atoms with Gasteiger partial charge in [0.25, 0.3) is 0 Å². The molecule has 124 valence electrons. The minimum Gasteiger partial charge on any atom is -0.505 e. The van der Waals surface area contributed by atoms with E-state index in [1.807, 2.05) is 13.8 Å². The molecule has 2 N–H and O–H groups in total. The predicted molar refractivity (Wildman–Crippen MR) is 97.7 cm³/mol. The first kappa shape index (κ1) is 18.3. The molecule has 0 atom stereocenters. The molecule has 0 spiro atoms. The second-order valence-electron chi connectivity index (χ2n) is 5.18. The zero-order chi connectivity index (χ0) is 17.1. The molecule has 2 rings (SSSR count). The second kappa shape index (κ2) is 7.71. The van der Waals surface area contributed by atoms with Gasteiger partial charge in [-0.15, -0.1) is 0 Å². The Morgan fingerprint density at radius 2 is 1.61 bits per heavy atom. The first-order valence-electron chi connectivity index (χ1n) is 6.84. The average Bonchev–Trinajstić information content (AvgIpc) is 2.45. The Hall–Kier alpha value is -1.00. The highest BCUT2D eigenvalue weighted by Crippen LogP contribution is 2.36. The monoisotopic (exact) mass is 393 g/mol. The van der Waals surface area contributed by atoms with Crippen LogP contribution in [0.3, 0.4) is 0 Å². The highest BCUT2D eigenvalue weighted by Gasteiger charge is 2.13. The lowest BCUT2D eigenvalue weighted by molar-refractivity contribution is 0.240. The van der Waals surface area contributed by atoms with Crippen molar-refractivity contribution in [1.29, 1.82) is 0 Å². The van der Waals surface area contributed by atoms with Gasteiger partial charge < -0.3 is 15.2 Å². The largest absolute Gasteiger partial charge is 0.505 e. The first-order chi connectivity index (χ1) is 10.8. The molecule has 23 heavy (non-hydrogen) atoms. The number of benzene rings is 2. The molecular formula is C16H15Cl4NO2. The molecule has 3 nitrogen and oxygen atoms in total. The van der Waals surface area contributed by atoms with Crippen molar-refractivity contribution in [3.8, 4) is 11.5 Å². The molecule has 0 amide bonds. The molecule has 0 aliphatic carbocycles. The van der Waals surface area contributed by atoms with Gasteiger partial charge in [-0.2, -0.15) is 0 Å². The van der Waals surface area contributed by atoms with E-state index >= 15 is 0 Å². The van der Waals surface area contributed by atoms with E-state index in [4.69, 9.17) is 51.1 Å². The van der Waals surface area contributed by atoms with Crippen LogP contribution in [0.2, 0.25) is 20.1 Å². The molecule has 0 radical (unpaired) electrons. The van der Waals surface area contributed by atoms with Crippen LogP contribution in [0.4, 0.5) is 5.69 Å². The number of ether oxygens (including phenoxy) is 1. The number of halogens is 4. The van der Waals surface area contributed by atoms with Crippen molar-refractivity contribution in [2.45, 2.75) is 26.5 Å². The summed E-state index contributed by atoms with van der Waals surface area (Å²) in [5.41, 5.74) is 1.46. The van der Waals surface area contributed by atoms with Crippen LogP contribution in [0.25, 0.3) is 0 Å². The van der Waals surface area contributed by atoms with E-state index in [1.54, 1.807) is 24.3 Å². The number of hydrogen-bond donors (Lipinski definition) is 2. The van der Waals surface area contributed by atoms with Crippen LogP contribution in [-0.2, 0) is 6.54 Å². The average molecular weight is 395 g/mol. The Balaban J connectivity index is 2.26. The normalized spacial score (nSPS) is 10.9. The van der Waals surface area contributed by atoms with E-state index in [0.29, 0.717) is 28.0 Å². The van der Waals surface area contributed by atoms with E-state index in [-0.39, 0.29) is 21.9 Å². The standard InChI is InChI=1S/C16H15Cl4NO2/c1-8(2)23-16-9(3-10(17)4-14(16)20)7-21-11-5-12(18)15(22)13(19)6-11/h3-6,8,21-22H,7H2,1-2H3. The van der Waals surface area contributed by atoms with E-state index < -0.39 is 0 Å². The Kier molecular flexibility index (Phi) is 6.15. The fraction of sp³-hybridized carbons (Fsp3) is 0.250. The van der Waals surface area contributed by atoms with Crippen LogP contribution in [-0.4, -0.2) is 11.2 Å². The third-order valence-electron chi connectivity index (χ3n) is 2.94. The summed E-state index contributed by atoms with van der Waals surface area (Å²) in [4.78, 5) is 0. The van der Waals surface area contributed by atoms with Gasteiger partial charge in [-0.3, -0.25) is 0 Å². The fourth-order valence-electron chi connectivity index (χ4n) is 1.98. The van der Waals surface area contributed by atoms with E-state index in [2.05, 4.69) is 5.32 Å². The van der Waals surface area contributed by atoms with Crippen LogP contribution in [0.15, 0.2) is 24.3 Å². The lowest BCUT2D eigenvalue weighted by atomic mass is 10.2. The molecular weight excluding hydrogens is 380 g/mol. The van der Waals surface area contributed by atoms with Crippen molar-refractivity contribution < 1.29 is 9.84 Å². The molecule has 2 aromatic carbocycles. The summed E-state index contributed by atoms with van der Waals surface area (Å²) < 4.78 is 5.76. The van der Waals surface area contributed by atoms with Crippen LogP contribution < -0.4 is 10.1 Å². The van der Waals surface area contributed by atoms with Gasteiger partial charge in [-0.1, -0.05) is 46.4 Å². The maximum absolute atomic E-state index is 9.59. The van der Waals surface area contributed by atoms with Crippen molar-refractivity contribution >= 4 is 52.1 Å². The van der Waals surface area contributed by atoms with Gasteiger partial charge in [-0.25, -0.2) is 0 Å². The third kappa shape index (κ3) is 4.74. The van der Waals surface area contributed by atoms with Crippen molar-refractivity contribution in [3.63, 3.8) is 0 Å².